The number of hydrogen-bond donors (Lipinski definition) is 3. The molecule has 0 radical (unpaired) electrons. The Kier molecular flexibility index (Phi) is 3.68. The predicted molar refractivity (Wildman–Crippen MR) is 101 cm³/mol. The lowest BCUT2D eigenvalue weighted by Gasteiger charge is -2.22. The largest absolute Gasteiger partial charge is 0.389 e. The van der Waals surface area contributed by atoms with Crippen molar-refractivity contribution in [2.75, 3.05) is 5.32 Å². The molecule has 136 valence electrons. The van der Waals surface area contributed by atoms with Crippen LogP contribution in [0.2, 0.25) is 0 Å². The Morgan fingerprint density at radius 2 is 2.08 bits per heavy atom. The summed E-state index contributed by atoms with van der Waals surface area (Å²) in [6, 6.07) is 2.23. The van der Waals surface area contributed by atoms with E-state index >= 15 is 0 Å². The van der Waals surface area contributed by atoms with Crippen LogP contribution in [-0.2, 0) is 0 Å². The molecular weight excluding hydrogens is 447 g/mol. The molecule has 3 N–H and O–H groups in total. The quantitative estimate of drug-likeness (QED) is 0.464. The summed E-state index contributed by atoms with van der Waals surface area (Å²) in [6.45, 7) is 0. The second-order valence-corrected chi connectivity index (χ2v) is 8.64. The maximum absolute atomic E-state index is 10.5. The fraction of sp³-hybridized carbons (Fsp3) is 0.647. The second-order valence-electron chi connectivity index (χ2n) is 7.68. The van der Waals surface area contributed by atoms with Gasteiger partial charge in [0.2, 0.25) is 0 Å². The molecule has 2 aromatic heterocycles. The van der Waals surface area contributed by atoms with Crippen LogP contribution in [0.15, 0.2) is 6.33 Å². The van der Waals surface area contributed by atoms with Gasteiger partial charge in [0.15, 0.2) is 20.8 Å². The highest BCUT2D eigenvalue weighted by Gasteiger charge is 2.72. The molecule has 5 atom stereocenters. The van der Waals surface area contributed by atoms with Crippen LogP contribution in [-0.4, -0.2) is 48.0 Å². The molecular formula is C17H19IN6O2. The molecule has 5 rings (SSSR count). The van der Waals surface area contributed by atoms with E-state index in [0.717, 1.165) is 18.7 Å². The van der Waals surface area contributed by atoms with E-state index in [1.165, 1.54) is 12.8 Å². The van der Waals surface area contributed by atoms with Gasteiger partial charge < -0.3 is 20.1 Å². The molecule has 8 nitrogen and oxygen atoms in total. The van der Waals surface area contributed by atoms with E-state index in [1.54, 1.807) is 6.33 Å². The van der Waals surface area contributed by atoms with Gasteiger partial charge in [-0.15, -0.1) is 0 Å². The van der Waals surface area contributed by atoms with Crippen LogP contribution >= 0.6 is 22.6 Å². The molecule has 0 aromatic carbocycles. The minimum atomic E-state index is -1.03. The average molecular weight is 466 g/mol. The summed E-state index contributed by atoms with van der Waals surface area (Å²) in [6.07, 6.45) is 4.93. The minimum Gasteiger partial charge on any atom is -0.389 e. The first kappa shape index (κ1) is 16.6. The van der Waals surface area contributed by atoms with Gasteiger partial charge in [0.05, 0.1) is 23.9 Å². The van der Waals surface area contributed by atoms with Gasteiger partial charge in [-0.1, -0.05) is 12.8 Å². The van der Waals surface area contributed by atoms with E-state index < -0.39 is 17.6 Å². The van der Waals surface area contributed by atoms with Gasteiger partial charge in [0.25, 0.3) is 0 Å². The first-order valence-corrected chi connectivity index (χ1v) is 10.1. The molecule has 3 aliphatic rings. The summed E-state index contributed by atoms with van der Waals surface area (Å²) in [5, 5.41) is 33.8. The molecule has 3 fully saturated rings. The molecule has 9 heteroatoms. The Labute approximate surface area is 163 Å². The number of aliphatic hydroxyl groups is 2. The highest BCUT2D eigenvalue weighted by atomic mass is 127. The van der Waals surface area contributed by atoms with Crippen molar-refractivity contribution in [1.29, 1.82) is 5.26 Å². The van der Waals surface area contributed by atoms with Gasteiger partial charge in [-0.3, -0.25) is 0 Å². The van der Waals surface area contributed by atoms with Crippen molar-refractivity contribution < 1.29 is 10.2 Å². The van der Waals surface area contributed by atoms with E-state index in [4.69, 9.17) is 0 Å². The molecule has 0 bridgehead atoms. The smallest absolute Gasteiger partial charge is 0.194 e. The number of nitrogens with one attached hydrogen (secondary N) is 1. The Morgan fingerprint density at radius 1 is 1.31 bits per heavy atom. The van der Waals surface area contributed by atoms with Crippen molar-refractivity contribution in [3.8, 4) is 6.07 Å². The molecule has 2 heterocycles. The van der Waals surface area contributed by atoms with Crippen molar-refractivity contribution in [3.63, 3.8) is 0 Å². The van der Waals surface area contributed by atoms with E-state index in [0.29, 0.717) is 27.5 Å². The lowest BCUT2D eigenvalue weighted by atomic mass is 10.0. The van der Waals surface area contributed by atoms with Crippen LogP contribution in [0.1, 0.15) is 38.1 Å². The van der Waals surface area contributed by atoms with Gasteiger partial charge in [-0.25, -0.2) is 15.0 Å². The summed E-state index contributed by atoms with van der Waals surface area (Å²) < 4.78 is 2.43. The number of imidazole rings is 1. The summed E-state index contributed by atoms with van der Waals surface area (Å²) in [5.74, 6) is 0.647. The van der Waals surface area contributed by atoms with Crippen LogP contribution < -0.4 is 5.32 Å². The minimum absolute atomic E-state index is 0.0752. The van der Waals surface area contributed by atoms with Crippen molar-refractivity contribution in [1.82, 2.24) is 19.5 Å². The number of nitrogens with zero attached hydrogens (tertiary/aromatic N) is 5. The number of fused-ring (bicyclic) bond motifs is 2. The Balaban J connectivity index is 1.56. The van der Waals surface area contributed by atoms with E-state index in [1.807, 2.05) is 4.57 Å². The fourth-order valence-corrected chi connectivity index (χ4v) is 5.30. The zero-order valence-corrected chi connectivity index (χ0v) is 16.2. The summed E-state index contributed by atoms with van der Waals surface area (Å²) in [5.41, 5.74) is 0.488. The highest BCUT2D eigenvalue weighted by Crippen LogP contribution is 2.67. The SMILES string of the molecule is N#C[C@@]12C[C@@H]1[C@@H](n1cnc3c(NC4CCCC4)nc(I)nc31)C(O)[C@H]2O. The number of anilines is 1. The topological polar surface area (TPSA) is 120 Å². The van der Waals surface area contributed by atoms with Gasteiger partial charge >= 0.3 is 0 Å². The molecule has 0 spiro atoms. The summed E-state index contributed by atoms with van der Waals surface area (Å²) in [7, 11) is 0. The molecule has 3 saturated carbocycles. The van der Waals surface area contributed by atoms with Crippen LogP contribution in [0.3, 0.4) is 0 Å². The molecule has 0 amide bonds. The van der Waals surface area contributed by atoms with Crippen LogP contribution in [0, 0.1) is 26.5 Å². The molecule has 0 saturated heterocycles. The standard InChI is InChI=1S/C17H19IN6O2/c18-16-22-14(21-8-3-1-2-4-8)10-15(23-16)24(7-20-10)11-9-5-17(9,6-19)13(26)12(11)25/h7-9,11-13,25-26H,1-5H2,(H,21,22,23)/t9-,11-,12?,13-,17+/m1/s1. The lowest BCUT2D eigenvalue weighted by Crippen LogP contribution is -2.33. The van der Waals surface area contributed by atoms with Gasteiger partial charge in [0, 0.05) is 34.6 Å². The monoisotopic (exact) mass is 466 g/mol. The summed E-state index contributed by atoms with van der Waals surface area (Å²) in [4.78, 5) is 13.6. The van der Waals surface area contributed by atoms with Crippen LogP contribution in [0.4, 0.5) is 5.82 Å². The van der Waals surface area contributed by atoms with Crippen molar-refractivity contribution >= 4 is 39.6 Å². The van der Waals surface area contributed by atoms with Crippen LogP contribution in [0.25, 0.3) is 11.2 Å². The fourth-order valence-electron chi connectivity index (χ4n) is 4.83. The molecule has 26 heavy (non-hydrogen) atoms. The zero-order chi connectivity index (χ0) is 18.1. The third kappa shape index (κ3) is 2.21. The number of nitriles is 1. The Morgan fingerprint density at radius 3 is 2.77 bits per heavy atom. The third-order valence-electron chi connectivity index (χ3n) is 6.29. The number of rotatable bonds is 3. The molecule has 0 aliphatic heterocycles. The Bertz CT molecular complexity index is 920. The first-order valence-electron chi connectivity index (χ1n) is 8.99. The van der Waals surface area contributed by atoms with Crippen molar-refractivity contribution in [2.24, 2.45) is 11.3 Å². The highest BCUT2D eigenvalue weighted by molar-refractivity contribution is 14.1. The van der Waals surface area contributed by atoms with E-state index in [9.17, 15) is 15.5 Å². The third-order valence-corrected chi connectivity index (χ3v) is 6.77. The maximum atomic E-state index is 10.5. The molecule has 3 aliphatic carbocycles. The lowest BCUT2D eigenvalue weighted by molar-refractivity contribution is -0.00676. The number of aromatic nitrogens is 4. The summed E-state index contributed by atoms with van der Waals surface area (Å²) >= 11 is 2.09. The number of aliphatic hydroxyl groups excluding tert-OH is 2. The van der Waals surface area contributed by atoms with Crippen molar-refractivity contribution in [2.45, 2.75) is 56.4 Å². The predicted octanol–water partition coefficient (Wildman–Crippen LogP) is 1.59. The van der Waals surface area contributed by atoms with Crippen molar-refractivity contribution in [3.05, 3.63) is 10.2 Å². The van der Waals surface area contributed by atoms with Gasteiger partial charge in [-0.2, -0.15) is 5.26 Å². The molecule has 2 aromatic rings. The van der Waals surface area contributed by atoms with Gasteiger partial charge in [0.1, 0.15) is 12.2 Å². The number of halogens is 1. The van der Waals surface area contributed by atoms with Crippen LogP contribution in [0.5, 0.6) is 0 Å². The average Bonchev–Trinajstić information content (AvgIpc) is 2.91. The second kappa shape index (κ2) is 5.74. The molecule has 1 unspecified atom stereocenters. The maximum Gasteiger partial charge on any atom is 0.194 e. The zero-order valence-electron chi connectivity index (χ0n) is 14.0. The number of hydrogen-bond acceptors (Lipinski definition) is 7. The van der Waals surface area contributed by atoms with Gasteiger partial charge in [-0.05, 0) is 19.3 Å². The first-order chi connectivity index (χ1) is 12.5. The normalized spacial score (nSPS) is 36.2. The Hall–Kier alpha value is -1.51. The van der Waals surface area contributed by atoms with E-state index in [-0.39, 0.29) is 12.0 Å². The van der Waals surface area contributed by atoms with E-state index in [2.05, 4.69) is 48.9 Å².